The number of hydrogen-bond donors (Lipinski definition) is 1. The molecular weight excluding hydrogens is 461 g/mol. The summed E-state index contributed by atoms with van der Waals surface area (Å²) in [6.07, 6.45) is 0.579. The molecule has 0 radical (unpaired) electrons. The molecule has 3 heterocycles. The first-order valence-corrected chi connectivity index (χ1v) is 12.2. The van der Waals surface area contributed by atoms with E-state index in [0.717, 1.165) is 53.4 Å². The Hall–Kier alpha value is -2.94. The number of aromatic nitrogens is 2. The maximum Gasteiger partial charge on any atom is 0.417 e. The van der Waals surface area contributed by atoms with Gasteiger partial charge in [0.1, 0.15) is 11.5 Å². The molecule has 0 unspecified atom stereocenters. The van der Waals surface area contributed by atoms with E-state index < -0.39 is 11.7 Å². The quantitative estimate of drug-likeness (QED) is 0.479. The summed E-state index contributed by atoms with van der Waals surface area (Å²) in [4.78, 5) is 25.0. The summed E-state index contributed by atoms with van der Waals surface area (Å²) in [7, 11) is 0. The van der Waals surface area contributed by atoms with Crippen molar-refractivity contribution < 1.29 is 18.0 Å². The van der Waals surface area contributed by atoms with Crippen LogP contribution in [0.1, 0.15) is 46.7 Å². The van der Waals surface area contributed by atoms with Gasteiger partial charge in [0.2, 0.25) is 0 Å². The molecule has 9 heteroatoms. The van der Waals surface area contributed by atoms with Crippen molar-refractivity contribution >= 4 is 23.1 Å². The molecule has 1 atom stereocenters. The summed E-state index contributed by atoms with van der Waals surface area (Å²) >= 11 is 1.51. The number of rotatable bonds is 5. The van der Waals surface area contributed by atoms with E-state index in [1.165, 1.54) is 17.4 Å². The van der Waals surface area contributed by atoms with Crippen molar-refractivity contribution in [3.8, 4) is 10.4 Å². The van der Waals surface area contributed by atoms with E-state index in [1.54, 1.807) is 0 Å². The molecule has 5 rings (SSSR count). The van der Waals surface area contributed by atoms with Gasteiger partial charge in [-0.2, -0.15) is 13.2 Å². The normalized spacial score (nSPS) is 19.3. The molecule has 1 spiro atoms. The Labute approximate surface area is 200 Å². The predicted molar refractivity (Wildman–Crippen MR) is 126 cm³/mol. The number of amides is 1. The van der Waals surface area contributed by atoms with Crippen molar-refractivity contribution in [3.63, 3.8) is 0 Å². The highest BCUT2D eigenvalue weighted by atomic mass is 32.1. The second kappa shape index (κ2) is 8.69. The minimum atomic E-state index is -4.42. The molecule has 5 nitrogen and oxygen atoms in total. The number of benzene rings is 1. The molecule has 1 N–H and O–H groups in total. The Balaban J connectivity index is 1.36. The summed E-state index contributed by atoms with van der Waals surface area (Å²) in [6, 6.07) is 12.1. The number of halogens is 3. The zero-order valence-corrected chi connectivity index (χ0v) is 19.5. The number of aryl methyl sites for hydroxylation is 1. The Morgan fingerprint density at radius 1 is 1.18 bits per heavy atom. The second-order valence-corrected chi connectivity index (χ2v) is 10.4. The van der Waals surface area contributed by atoms with Gasteiger partial charge in [0, 0.05) is 25.3 Å². The lowest BCUT2D eigenvalue weighted by Gasteiger charge is -2.40. The number of pyridine rings is 1. The average Bonchev–Trinajstić information content (AvgIpc) is 3.45. The highest BCUT2D eigenvalue weighted by Gasteiger charge is 2.49. The van der Waals surface area contributed by atoms with E-state index in [0.29, 0.717) is 24.6 Å². The molecule has 2 aromatic heterocycles. The van der Waals surface area contributed by atoms with Gasteiger partial charge >= 0.3 is 6.18 Å². The number of hydrogen-bond acceptors (Lipinski definition) is 5. The third kappa shape index (κ3) is 4.66. The van der Waals surface area contributed by atoms with Crippen molar-refractivity contribution in [2.75, 3.05) is 18.4 Å². The van der Waals surface area contributed by atoms with Crippen LogP contribution in [-0.2, 0) is 6.18 Å². The largest absolute Gasteiger partial charge is 0.417 e. The molecular formula is C25H25F3N4OS. The number of thiazole rings is 1. The molecule has 1 saturated heterocycles. The number of nitrogens with one attached hydrogen (secondary N) is 1. The highest BCUT2D eigenvalue weighted by Crippen LogP contribution is 2.55. The van der Waals surface area contributed by atoms with Gasteiger partial charge in [0.25, 0.3) is 5.91 Å². The molecule has 1 amide bonds. The van der Waals surface area contributed by atoms with Crippen LogP contribution in [0, 0.1) is 12.3 Å². The van der Waals surface area contributed by atoms with Gasteiger partial charge in [-0.25, -0.2) is 9.97 Å². The Bertz CT molecular complexity index is 1170. The first-order valence-electron chi connectivity index (χ1n) is 11.4. The summed E-state index contributed by atoms with van der Waals surface area (Å²) in [5, 5.41) is 3.99. The lowest BCUT2D eigenvalue weighted by molar-refractivity contribution is -0.137. The van der Waals surface area contributed by atoms with E-state index in [1.807, 2.05) is 42.2 Å². The summed E-state index contributed by atoms with van der Waals surface area (Å²) in [6.45, 7) is 2.98. The summed E-state index contributed by atoms with van der Waals surface area (Å²) in [5.74, 6) is 0.274. The zero-order valence-electron chi connectivity index (χ0n) is 18.7. The van der Waals surface area contributed by atoms with Crippen LogP contribution in [0.3, 0.4) is 0 Å². The first-order chi connectivity index (χ1) is 16.2. The maximum absolute atomic E-state index is 13.7. The van der Waals surface area contributed by atoms with Crippen LogP contribution >= 0.6 is 11.3 Å². The second-order valence-electron chi connectivity index (χ2n) is 9.19. The fraction of sp³-hybridized carbons (Fsp3) is 0.400. The van der Waals surface area contributed by atoms with Crippen molar-refractivity contribution in [1.29, 1.82) is 0 Å². The number of likely N-dealkylation sites (tertiary alicyclic amines) is 1. The molecule has 34 heavy (non-hydrogen) atoms. The standard InChI is InChI=1S/C25H25F3N4OS/c1-16-31-21(22(34-16)17-5-3-2-4-6-17)23(33)32-12-11-24(9-10-24)13-19(32)15-30-20-8-7-18(14-29-20)25(26,27)28/h2-8,14,19H,9-13,15H2,1H3,(H,29,30)/t19-/m0/s1. The topological polar surface area (TPSA) is 58.1 Å². The fourth-order valence-corrected chi connectivity index (χ4v) is 5.63. The molecule has 178 valence electrons. The zero-order chi connectivity index (χ0) is 23.9. The Kier molecular flexibility index (Phi) is 5.83. The number of piperidine rings is 1. The van der Waals surface area contributed by atoms with Gasteiger partial charge in [-0.15, -0.1) is 11.3 Å². The predicted octanol–water partition coefficient (Wildman–Crippen LogP) is 6.03. The number of carbonyl (C=O) groups is 1. The van der Waals surface area contributed by atoms with Crippen molar-refractivity contribution in [3.05, 3.63) is 64.9 Å². The first kappa shape index (κ1) is 22.8. The third-order valence-electron chi connectivity index (χ3n) is 6.79. The number of alkyl halides is 3. The van der Waals surface area contributed by atoms with E-state index in [-0.39, 0.29) is 17.4 Å². The van der Waals surface area contributed by atoms with E-state index in [4.69, 9.17) is 0 Å². The van der Waals surface area contributed by atoms with E-state index >= 15 is 0 Å². The van der Waals surface area contributed by atoms with Gasteiger partial charge in [0.05, 0.1) is 15.4 Å². The van der Waals surface area contributed by atoms with E-state index in [9.17, 15) is 18.0 Å². The Morgan fingerprint density at radius 2 is 1.94 bits per heavy atom. The van der Waals surface area contributed by atoms with Crippen LogP contribution in [-0.4, -0.2) is 39.9 Å². The Morgan fingerprint density at radius 3 is 2.59 bits per heavy atom. The van der Waals surface area contributed by atoms with Crippen LogP contribution in [0.15, 0.2) is 48.7 Å². The summed E-state index contributed by atoms with van der Waals surface area (Å²) in [5.41, 5.74) is 0.947. The molecule has 1 aliphatic heterocycles. The van der Waals surface area contributed by atoms with Crippen LogP contribution < -0.4 is 5.32 Å². The van der Waals surface area contributed by atoms with Gasteiger partial charge in [-0.05, 0) is 55.7 Å². The molecule has 2 aliphatic rings. The van der Waals surface area contributed by atoms with Gasteiger partial charge in [-0.1, -0.05) is 30.3 Å². The molecule has 0 bridgehead atoms. The van der Waals surface area contributed by atoms with E-state index in [2.05, 4.69) is 15.3 Å². The average molecular weight is 487 g/mol. The third-order valence-corrected chi connectivity index (χ3v) is 7.81. The van der Waals surface area contributed by atoms with Crippen LogP contribution in [0.25, 0.3) is 10.4 Å². The van der Waals surface area contributed by atoms with Gasteiger partial charge in [0.15, 0.2) is 0 Å². The van der Waals surface area contributed by atoms with Crippen molar-refractivity contribution in [1.82, 2.24) is 14.9 Å². The summed E-state index contributed by atoms with van der Waals surface area (Å²) < 4.78 is 38.5. The SMILES string of the molecule is Cc1nc(C(=O)N2CCC3(CC3)C[C@H]2CNc2ccc(C(F)(F)F)cn2)c(-c2ccccc2)s1. The molecule has 3 aromatic rings. The molecule has 1 saturated carbocycles. The maximum atomic E-state index is 13.7. The van der Waals surface area contributed by atoms with Gasteiger partial charge in [-0.3, -0.25) is 4.79 Å². The lowest BCUT2D eigenvalue weighted by atomic mass is 9.87. The van der Waals surface area contributed by atoms with Crippen LogP contribution in [0.2, 0.25) is 0 Å². The molecule has 1 aromatic carbocycles. The number of carbonyl (C=O) groups excluding carboxylic acids is 1. The van der Waals surface area contributed by atoms with Crippen molar-refractivity contribution in [2.24, 2.45) is 5.41 Å². The minimum absolute atomic E-state index is 0.0847. The molecule has 1 aliphatic carbocycles. The highest BCUT2D eigenvalue weighted by molar-refractivity contribution is 7.15. The van der Waals surface area contributed by atoms with Crippen LogP contribution in [0.4, 0.5) is 19.0 Å². The van der Waals surface area contributed by atoms with Crippen molar-refractivity contribution in [2.45, 2.75) is 44.8 Å². The lowest BCUT2D eigenvalue weighted by Crippen LogP contribution is -2.50. The van der Waals surface area contributed by atoms with Gasteiger partial charge < -0.3 is 10.2 Å². The monoisotopic (exact) mass is 486 g/mol. The smallest absolute Gasteiger partial charge is 0.368 e. The number of anilines is 1. The number of nitrogens with zero attached hydrogens (tertiary/aromatic N) is 3. The molecule has 2 fully saturated rings. The van der Waals surface area contributed by atoms with Crippen LogP contribution in [0.5, 0.6) is 0 Å². The fourth-order valence-electron chi connectivity index (χ4n) is 4.71. The minimum Gasteiger partial charge on any atom is -0.368 e.